The van der Waals surface area contributed by atoms with Crippen molar-refractivity contribution in [2.24, 2.45) is 0 Å². The molecule has 0 N–H and O–H groups in total. The fourth-order valence-electron chi connectivity index (χ4n) is 1.23. The lowest BCUT2D eigenvalue weighted by Gasteiger charge is -2.04. The van der Waals surface area contributed by atoms with Gasteiger partial charge in [0.25, 0.3) is 0 Å². The summed E-state index contributed by atoms with van der Waals surface area (Å²) in [5.41, 5.74) is 0.908. The molecule has 0 heterocycles. The monoisotopic (exact) mass is 222 g/mol. The van der Waals surface area contributed by atoms with Crippen LogP contribution >= 0.6 is 11.6 Å². The van der Waals surface area contributed by atoms with Crippen molar-refractivity contribution in [3.8, 4) is 17.0 Å². The van der Waals surface area contributed by atoms with Crippen molar-refractivity contribution in [1.82, 2.24) is 0 Å². The third-order valence-corrected chi connectivity index (χ3v) is 2.16. The second kappa shape index (κ2) is 7.20. The minimum Gasteiger partial charge on any atom is -0.494 e. The van der Waals surface area contributed by atoms with E-state index in [9.17, 15) is 0 Å². The van der Waals surface area contributed by atoms with E-state index >= 15 is 0 Å². The molecule has 0 aromatic heterocycles. The highest BCUT2D eigenvalue weighted by atomic mass is 35.5. The van der Waals surface area contributed by atoms with Crippen LogP contribution < -0.4 is 4.74 Å². The molecule has 1 nitrogen and oxygen atoms in total. The molecule has 1 rings (SSSR count). The highest BCUT2D eigenvalue weighted by Crippen LogP contribution is 2.12. The summed E-state index contributed by atoms with van der Waals surface area (Å²) >= 11 is 5.30. The molecule has 1 aromatic rings. The van der Waals surface area contributed by atoms with E-state index in [1.54, 1.807) is 0 Å². The number of benzene rings is 1. The third-order valence-electron chi connectivity index (χ3n) is 2.06. The first kappa shape index (κ1) is 11.9. The maximum absolute atomic E-state index is 5.56. The number of hydrogen-bond acceptors (Lipinski definition) is 1. The van der Waals surface area contributed by atoms with Crippen LogP contribution in [-0.4, -0.2) is 6.61 Å². The van der Waals surface area contributed by atoms with Gasteiger partial charge in [0.15, 0.2) is 0 Å². The second-order valence-electron chi connectivity index (χ2n) is 3.30. The van der Waals surface area contributed by atoms with Crippen LogP contribution in [0.3, 0.4) is 0 Å². The zero-order valence-corrected chi connectivity index (χ0v) is 9.68. The molecule has 15 heavy (non-hydrogen) atoms. The van der Waals surface area contributed by atoms with Gasteiger partial charge in [0, 0.05) is 10.9 Å². The van der Waals surface area contributed by atoms with E-state index < -0.39 is 0 Å². The molecule has 80 valence electrons. The van der Waals surface area contributed by atoms with Crippen LogP contribution in [0.4, 0.5) is 0 Å². The van der Waals surface area contributed by atoms with Gasteiger partial charge in [0.1, 0.15) is 5.75 Å². The average Bonchev–Trinajstić information content (AvgIpc) is 2.27. The quantitative estimate of drug-likeness (QED) is 0.544. The standard InChI is InChI=1S/C13H15ClO/c1-2-3-4-11-15-13-7-5-12(6-8-13)9-10-14/h5-8H,2-4,11H2,1H3. The molecule has 0 bridgehead atoms. The van der Waals surface area contributed by atoms with Crippen LogP contribution in [0.1, 0.15) is 31.7 Å². The van der Waals surface area contributed by atoms with E-state index in [4.69, 9.17) is 16.3 Å². The van der Waals surface area contributed by atoms with Crippen molar-refractivity contribution >= 4 is 11.6 Å². The summed E-state index contributed by atoms with van der Waals surface area (Å²) in [6, 6.07) is 7.65. The number of ether oxygens (including phenoxy) is 1. The average molecular weight is 223 g/mol. The Labute approximate surface area is 96.4 Å². The third kappa shape index (κ3) is 4.76. The molecule has 1 aromatic carbocycles. The molecule has 0 saturated carbocycles. The molecule has 0 atom stereocenters. The molecule has 0 saturated heterocycles. The van der Waals surface area contributed by atoms with Gasteiger partial charge in [-0.1, -0.05) is 19.8 Å². The van der Waals surface area contributed by atoms with Crippen LogP contribution in [0.5, 0.6) is 5.75 Å². The van der Waals surface area contributed by atoms with Crippen molar-refractivity contribution < 1.29 is 4.74 Å². The maximum Gasteiger partial charge on any atom is 0.119 e. The minimum atomic E-state index is 0.786. The van der Waals surface area contributed by atoms with Gasteiger partial charge in [-0.3, -0.25) is 0 Å². The van der Waals surface area contributed by atoms with Crippen molar-refractivity contribution in [3.63, 3.8) is 0 Å². The molecule has 0 amide bonds. The molecular formula is C13H15ClO. The van der Waals surface area contributed by atoms with E-state index in [0.717, 1.165) is 24.3 Å². The Kier molecular flexibility index (Phi) is 5.73. The Morgan fingerprint density at radius 1 is 1.20 bits per heavy atom. The fourth-order valence-corrected chi connectivity index (χ4v) is 1.34. The number of rotatable bonds is 5. The van der Waals surface area contributed by atoms with Gasteiger partial charge in [-0.25, -0.2) is 0 Å². The lowest BCUT2D eigenvalue weighted by atomic mass is 10.2. The first-order chi connectivity index (χ1) is 7.36. The van der Waals surface area contributed by atoms with E-state index in [1.165, 1.54) is 12.8 Å². The Hall–Kier alpha value is -1.13. The zero-order chi connectivity index (χ0) is 10.9. The van der Waals surface area contributed by atoms with Gasteiger partial charge in [-0.2, -0.15) is 0 Å². The van der Waals surface area contributed by atoms with Gasteiger partial charge < -0.3 is 4.74 Å². The van der Waals surface area contributed by atoms with Crippen LogP contribution in [0.25, 0.3) is 0 Å². The summed E-state index contributed by atoms with van der Waals surface area (Å²) < 4.78 is 5.56. The van der Waals surface area contributed by atoms with Crippen molar-refractivity contribution in [2.45, 2.75) is 26.2 Å². The van der Waals surface area contributed by atoms with E-state index in [0.29, 0.717) is 0 Å². The lowest BCUT2D eigenvalue weighted by Crippen LogP contribution is -1.96. The smallest absolute Gasteiger partial charge is 0.119 e. The van der Waals surface area contributed by atoms with E-state index in [-0.39, 0.29) is 0 Å². The van der Waals surface area contributed by atoms with Gasteiger partial charge in [0.05, 0.1) is 6.61 Å². The summed E-state index contributed by atoms with van der Waals surface area (Å²) in [5.74, 6) is 3.67. The first-order valence-electron chi connectivity index (χ1n) is 5.21. The summed E-state index contributed by atoms with van der Waals surface area (Å²) in [7, 11) is 0. The summed E-state index contributed by atoms with van der Waals surface area (Å²) in [5, 5.41) is 2.34. The molecule has 0 radical (unpaired) electrons. The topological polar surface area (TPSA) is 9.23 Å². The number of hydrogen-bond donors (Lipinski definition) is 0. The van der Waals surface area contributed by atoms with Crippen LogP contribution in [0.2, 0.25) is 0 Å². The molecule has 0 spiro atoms. The normalized spacial score (nSPS) is 9.20. The Balaban J connectivity index is 2.38. The first-order valence-corrected chi connectivity index (χ1v) is 5.59. The van der Waals surface area contributed by atoms with Gasteiger partial charge in [-0.15, -0.1) is 0 Å². The van der Waals surface area contributed by atoms with Gasteiger partial charge in [0.2, 0.25) is 0 Å². The predicted octanol–water partition coefficient (Wildman–Crippen LogP) is 3.80. The number of unbranched alkanes of at least 4 members (excludes halogenated alkanes) is 2. The predicted molar refractivity (Wildman–Crippen MR) is 64.2 cm³/mol. The van der Waals surface area contributed by atoms with Crippen molar-refractivity contribution in [2.75, 3.05) is 6.61 Å². The molecule has 0 unspecified atom stereocenters. The van der Waals surface area contributed by atoms with Gasteiger partial charge >= 0.3 is 0 Å². The Morgan fingerprint density at radius 3 is 2.53 bits per heavy atom. The zero-order valence-electron chi connectivity index (χ0n) is 8.92. The molecular weight excluding hydrogens is 208 g/mol. The molecule has 0 aliphatic rings. The maximum atomic E-state index is 5.56. The largest absolute Gasteiger partial charge is 0.494 e. The number of halogens is 1. The van der Waals surface area contributed by atoms with Crippen molar-refractivity contribution in [3.05, 3.63) is 29.8 Å². The molecule has 2 heteroatoms. The fraction of sp³-hybridized carbons (Fsp3) is 0.385. The Morgan fingerprint density at radius 2 is 1.93 bits per heavy atom. The Bertz CT molecular complexity index is 332. The minimum absolute atomic E-state index is 0.786. The summed E-state index contributed by atoms with van der Waals surface area (Å²) in [4.78, 5) is 0. The van der Waals surface area contributed by atoms with Crippen LogP contribution in [0.15, 0.2) is 24.3 Å². The van der Waals surface area contributed by atoms with Crippen LogP contribution in [0, 0.1) is 11.3 Å². The van der Waals surface area contributed by atoms with E-state index in [2.05, 4.69) is 18.2 Å². The molecule has 0 aliphatic heterocycles. The summed E-state index contributed by atoms with van der Waals surface area (Å²) in [6.45, 7) is 2.97. The molecule has 0 fully saturated rings. The van der Waals surface area contributed by atoms with Crippen LogP contribution in [-0.2, 0) is 0 Å². The highest BCUT2D eigenvalue weighted by Gasteiger charge is 1.93. The summed E-state index contributed by atoms with van der Waals surface area (Å²) in [6.07, 6.45) is 3.54. The SMILES string of the molecule is CCCCCOc1ccc(C#CCl)cc1. The second-order valence-corrected chi connectivity index (χ2v) is 3.49. The molecule has 0 aliphatic carbocycles. The van der Waals surface area contributed by atoms with Crippen molar-refractivity contribution in [1.29, 1.82) is 0 Å². The van der Waals surface area contributed by atoms with Gasteiger partial charge in [-0.05, 0) is 48.2 Å². The van der Waals surface area contributed by atoms with E-state index in [1.807, 2.05) is 24.3 Å². The lowest BCUT2D eigenvalue weighted by molar-refractivity contribution is 0.306. The highest BCUT2D eigenvalue weighted by molar-refractivity contribution is 6.30.